The minimum Gasteiger partial charge on any atom is -0.376 e. The average Bonchev–Trinajstić information content (AvgIpc) is 3.29. The Balaban J connectivity index is 1.84. The zero-order chi connectivity index (χ0) is 18.5. The number of allylic oxidation sites excluding steroid dienone is 1. The second-order valence-corrected chi connectivity index (χ2v) is 7.79. The first-order valence-electron chi connectivity index (χ1n) is 8.52. The van der Waals surface area contributed by atoms with Gasteiger partial charge in [-0.3, -0.25) is 9.69 Å². The van der Waals surface area contributed by atoms with E-state index in [1.54, 1.807) is 23.1 Å². The third-order valence-electron chi connectivity index (χ3n) is 4.20. The third kappa shape index (κ3) is 4.65. The van der Waals surface area contributed by atoms with E-state index in [9.17, 15) is 4.79 Å². The van der Waals surface area contributed by atoms with Crippen LogP contribution in [0.15, 0.2) is 36.2 Å². The molecule has 1 saturated heterocycles. The maximum atomic E-state index is 12.7. The summed E-state index contributed by atoms with van der Waals surface area (Å²) in [5.41, 5.74) is 1.54. The lowest BCUT2D eigenvalue weighted by atomic mass is 10.2. The van der Waals surface area contributed by atoms with Gasteiger partial charge in [-0.1, -0.05) is 29.3 Å². The quantitative estimate of drug-likeness (QED) is 0.558. The van der Waals surface area contributed by atoms with Crippen LogP contribution in [0, 0.1) is 0 Å². The van der Waals surface area contributed by atoms with Gasteiger partial charge in [-0.05, 0) is 37.5 Å². The molecule has 1 aromatic heterocycles. The van der Waals surface area contributed by atoms with Gasteiger partial charge >= 0.3 is 0 Å². The molecule has 26 heavy (non-hydrogen) atoms. The average molecular weight is 411 g/mol. The first-order valence-corrected chi connectivity index (χ1v) is 10.2. The van der Waals surface area contributed by atoms with Gasteiger partial charge < -0.3 is 4.74 Å². The van der Waals surface area contributed by atoms with Crippen molar-refractivity contribution in [2.24, 2.45) is 0 Å². The lowest BCUT2D eigenvalue weighted by molar-refractivity contribution is -0.118. The highest BCUT2D eigenvalue weighted by Gasteiger charge is 2.25. The number of halogens is 2. The summed E-state index contributed by atoms with van der Waals surface area (Å²) in [5, 5.41) is 3.69. The number of anilines is 1. The van der Waals surface area contributed by atoms with Crippen molar-refractivity contribution in [3.05, 3.63) is 46.3 Å². The molecule has 0 saturated carbocycles. The van der Waals surface area contributed by atoms with Crippen LogP contribution < -0.4 is 4.90 Å². The molecular weight excluding hydrogens is 391 g/mol. The highest BCUT2D eigenvalue weighted by molar-refractivity contribution is 7.14. The van der Waals surface area contributed by atoms with Crippen molar-refractivity contribution in [3.8, 4) is 11.3 Å². The van der Waals surface area contributed by atoms with Crippen LogP contribution in [0.5, 0.6) is 0 Å². The van der Waals surface area contributed by atoms with E-state index in [-0.39, 0.29) is 12.0 Å². The fraction of sp³-hybridized carbons (Fsp3) is 0.368. The SMILES string of the molecule is C=CCCC(=O)N(CC1CCCO1)c1nc(-c2ccc(Cl)cc2Cl)cs1. The second kappa shape index (κ2) is 9.00. The van der Waals surface area contributed by atoms with E-state index >= 15 is 0 Å². The van der Waals surface area contributed by atoms with Gasteiger partial charge in [-0.2, -0.15) is 0 Å². The molecule has 1 aliphatic heterocycles. The van der Waals surface area contributed by atoms with Crippen LogP contribution in [-0.2, 0) is 9.53 Å². The van der Waals surface area contributed by atoms with E-state index in [1.807, 2.05) is 11.4 Å². The predicted molar refractivity (Wildman–Crippen MR) is 108 cm³/mol. The van der Waals surface area contributed by atoms with Crippen molar-refractivity contribution < 1.29 is 9.53 Å². The van der Waals surface area contributed by atoms with Gasteiger partial charge in [-0.25, -0.2) is 4.98 Å². The molecule has 138 valence electrons. The molecule has 4 nitrogen and oxygen atoms in total. The summed E-state index contributed by atoms with van der Waals surface area (Å²) in [4.78, 5) is 19.1. The van der Waals surface area contributed by atoms with Gasteiger partial charge in [0.05, 0.1) is 23.4 Å². The number of amides is 1. The number of hydrogen-bond donors (Lipinski definition) is 0. The summed E-state index contributed by atoms with van der Waals surface area (Å²) in [7, 11) is 0. The topological polar surface area (TPSA) is 42.4 Å². The summed E-state index contributed by atoms with van der Waals surface area (Å²) < 4.78 is 5.71. The Labute approximate surface area is 167 Å². The van der Waals surface area contributed by atoms with Crippen molar-refractivity contribution in [2.75, 3.05) is 18.1 Å². The number of aromatic nitrogens is 1. The molecule has 0 aliphatic carbocycles. The first-order chi connectivity index (χ1) is 12.6. The molecule has 1 atom stereocenters. The van der Waals surface area contributed by atoms with E-state index in [1.165, 1.54) is 11.3 Å². The molecule has 1 fully saturated rings. The molecular formula is C19H20Cl2N2O2S. The second-order valence-electron chi connectivity index (χ2n) is 6.11. The zero-order valence-corrected chi connectivity index (χ0v) is 16.6. The molecule has 1 unspecified atom stereocenters. The van der Waals surface area contributed by atoms with E-state index < -0.39 is 0 Å². The fourth-order valence-corrected chi connectivity index (χ4v) is 4.20. The summed E-state index contributed by atoms with van der Waals surface area (Å²) in [5.74, 6) is 0.0310. The van der Waals surface area contributed by atoms with Crippen molar-refractivity contribution in [3.63, 3.8) is 0 Å². The van der Waals surface area contributed by atoms with Crippen molar-refractivity contribution in [1.82, 2.24) is 4.98 Å². The number of thiazole rings is 1. The third-order valence-corrected chi connectivity index (χ3v) is 5.62. The standard InChI is InChI=1S/C19H20Cl2N2O2S/c1-2-3-6-18(24)23(11-14-5-4-9-25-14)19-22-17(12-26-19)15-8-7-13(20)10-16(15)21/h2,7-8,10,12,14H,1,3-6,9,11H2. The molecule has 0 bridgehead atoms. The molecule has 2 heterocycles. The zero-order valence-electron chi connectivity index (χ0n) is 14.3. The van der Waals surface area contributed by atoms with Crippen LogP contribution in [-0.4, -0.2) is 30.1 Å². The van der Waals surface area contributed by atoms with Gasteiger partial charge in [0.15, 0.2) is 5.13 Å². The molecule has 1 aliphatic rings. The van der Waals surface area contributed by atoms with Gasteiger partial charge in [0.25, 0.3) is 0 Å². The number of nitrogens with zero attached hydrogens (tertiary/aromatic N) is 2. The van der Waals surface area contributed by atoms with E-state index in [4.69, 9.17) is 27.9 Å². The highest BCUT2D eigenvalue weighted by atomic mass is 35.5. The number of ether oxygens (including phenoxy) is 1. The molecule has 3 rings (SSSR count). The predicted octanol–water partition coefficient (Wildman–Crippen LogP) is 5.60. The molecule has 2 aromatic rings. The highest BCUT2D eigenvalue weighted by Crippen LogP contribution is 2.34. The number of rotatable bonds is 7. The summed E-state index contributed by atoms with van der Waals surface area (Å²) in [6.45, 7) is 4.97. The summed E-state index contributed by atoms with van der Waals surface area (Å²) >= 11 is 13.7. The van der Waals surface area contributed by atoms with Crippen molar-refractivity contribution in [1.29, 1.82) is 0 Å². The van der Waals surface area contributed by atoms with Gasteiger partial charge in [-0.15, -0.1) is 17.9 Å². The summed E-state index contributed by atoms with van der Waals surface area (Å²) in [6.07, 6.45) is 4.86. The normalized spacial score (nSPS) is 16.6. The number of carbonyl (C=O) groups excluding carboxylic acids is 1. The molecule has 1 aromatic carbocycles. The smallest absolute Gasteiger partial charge is 0.229 e. The monoisotopic (exact) mass is 410 g/mol. The molecule has 0 radical (unpaired) electrons. The maximum absolute atomic E-state index is 12.7. The Morgan fingerprint density at radius 2 is 2.31 bits per heavy atom. The lowest BCUT2D eigenvalue weighted by Gasteiger charge is -2.23. The van der Waals surface area contributed by atoms with Gasteiger partial charge in [0.2, 0.25) is 5.91 Å². The van der Waals surface area contributed by atoms with E-state index in [0.29, 0.717) is 34.6 Å². The Kier molecular flexibility index (Phi) is 6.70. The van der Waals surface area contributed by atoms with Crippen LogP contribution in [0.4, 0.5) is 5.13 Å². The Hall–Kier alpha value is -1.40. The number of benzene rings is 1. The maximum Gasteiger partial charge on any atom is 0.229 e. The van der Waals surface area contributed by atoms with E-state index in [0.717, 1.165) is 30.7 Å². The van der Waals surface area contributed by atoms with Crippen molar-refractivity contribution >= 4 is 45.6 Å². The number of hydrogen-bond acceptors (Lipinski definition) is 4. The molecule has 7 heteroatoms. The van der Waals surface area contributed by atoms with Crippen LogP contribution in [0.25, 0.3) is 11.3 Å². The molecule has 1 amide bonds. The molecule has 0 N–H and O–H groups in total. The largest absolute Gasteiger partial charge is 0.376 e. The van der Waals surface area contributed by atoms with Crippen LogP contribution in [0.1, 0.15) is 25.7 Å². The van der Waals surface area contributed by atoms with Gasteiger partial charge in [0.1, 0.15) is 0 Å². The Morgan fingerprint density at radius 1 is 1.46 bits per heavy atom. The van der Waals surface area contributed by atoms with Gasteiger partial charge in [0, 0.05) is 29.0 Å². The van der Waals surface area contributed by atoms with E-state index in [2.05, 4.69) is 11.6 Å². The fourth-order valence-electron chi connectivity index (χ4n) is 2.85. The molecule has 0 spiro atoms. The minimum absolute atomic E-state index is 0.0310. The lowest BCUT2D eigenvalue weighted by Crippen LogP contribution is -2.37. The summed E-state index contributed by atoms with van der Waals surface area (Å²) in [6, 6.07) is 5.31. The van der Waals surface area contributed by atoms with Crippen LogP contribution >= 0.6 is 34.5 Å². The van der Waals surface area contributed by atoms with Crippen molar-refractivity contribution in [2.45, 2.75) is 31.8 Å². The van der Waals surface area contributed by atoms with Crippen LogP contribution in [0.3, 0.4) is 0 Å². The van der Waals surface area contributed by atoms with Crippen LogP contribution in [0.2, 0.25) is 10.0 Å². The Bertz CT molecular complexity index is 788. The number of carbonyl (C=O) groups is 1. The first kappa shape index (κ1) is 19.4. The Morgan fingerprint density at radius 3 is 3.00 bits per heavy atom. The minimum atomic E-state index is 0.0310.